The second-order valence-corrected chi connectivity index (χ2v) is 4.40. The lowest BCUT2D eigenvalue weighted by atomic mass is 9.66. The third-order valence-electron chi connectivity index (χ3n) is 3.75. The molecule has 0 aromatic heterocycles. The maximum Gasteiger partial charge on any atom is 0.311 e. The van der Waals surface area contributed by atoms with Crippen LogP contribution in [0, 0.1) is 11.3 Å². The van der Waals surface area contributed by atoms with Gasteiger partial charge in [-0.3, -0.25) is 4.79 Å². The Kier molecular flexibility index (Phi) is 2.22. The minimum absolute atomic E-state index is 0.111. The van der Waals surface area contributed by atoms with Gasteiger partial charge >= 0.3 is 5.97 Å². The van der Waals surface area contributed by atoms with Crippen LogP contribution in [0.3, 0.4) is 0 Å². The topological polar surface area (TPSA) is 37.3 Å². The average molecular weight is 192 g/mol. The number of carboxylic acids is 1. The molecule has 76 valence electrons. The van der Waals surface area contributed by atoms with Crippen LogP contribution >= 0.6 is 0 Å². The standard InChI is InChI=1S/C12H16O2/c1-9-5-4-8-12(9)7-3-2-6-10(12)11(13)14/h2,6,10H,1,3-5,7-8H2,(H,13,14). The molecule has 0 saturated heterocycles. The minimum atomic E-state index is -0.691. The lowest BCUT2D eigenvalue weighted by molar-refractivity contribution is -0.143. The molecule has 2 heteroatoms. The highest BCUT2D eigenvalue weighted by molar-refractivity contribution is 5.74. The Balaban J connectivity index is 2.36. The highest BCUT2D eigenvalue weighted by Gasteiger charge is 2.46. The second kappa shape index (κ2) is 3.26. The SMILES string of the molecule is C=C1CCCC12CCC=CC2C(=O)O. The Morgan fingerprint density at radius 1 is 1.57 bits per heavy atom. The van der Waals surface area contributed by atoms with Gasteiger partial charge in [-0.1, -0.05) is 24.3 Å². The van der Waals surface area contributed by atoms with Crippen LogP contribution in [0.15, 0.2) is 24.3 Å². The van der Waals surface area contributed by atoms with E-state index in [-0.39, 0.29) is 11.3 Å². The van der Waals surface area contributed by atoms with Crippen molar-refractivity contribution in [3.8, 4) is 0 Å². The van der Waals surface area contributed by atoms with Gasteiger partial charge in [0.05, 0.1) is 5.92 Å². The van der Waals surface area contributed by atoms with Gasteiger partial charge in [0, 0.05) is 5.41 Å². The molecule has 1 fully saturated rings. The van der Waals surface area contributed by atoms with E-state index in [2.05, 4.69) is 6.58 Å². The Labute approximate surface area is 84.3 Å². The first-order valence-electron chi connectivity index (χ1n) is 5.24. The maximum absolute atomic E-state index is 11.2. The molecule has 1 saturated carbocycles. The molecule has 0 aromatic carbocycles. The molecular weight excluding hydrogens is 176 g/mol. The summed E-state index contributed by atoms with van der Waals surface area (Å²) in [4.78, 5) is 11.2. The lowest BCUT2D eigenvalue weighted by Crippen LogP contribution is -2.35. The molecule has 2 aliphatic carbocycles. The molecule has 2 rings (SSSR count). The van der Waals surface area contributed by atoms with Crippen molar-refractivity contribution in [2.45, 2.75) is 32.1 Å². The minimum Gasteiger partial charge on any atom is -0.481 e. The number of hydrogen-bond acceptors (Lipinski definition) is 1. The van der Waals surface area contributed by atoms with Crippen LogP contribution in [-0.2, 0) is 4.79 Å². The number of carbonyl (C=O) groups is 1. The predicted molar refractivity (Wildman–Crippen MR) is 54.9 cm³/mol. The van der Waals surface area contributed by atoms with E-state index in [9.17, 15) is 9.90 Å². The number of aliphatic carboxylic acids is 1. The quantitative estimate of drug-likeness (QED) is 0.648. The van der Waals surface area contributed by atoms with Gasteiger partial charge < -0.3 is 5.11 Å². The Morgan fingerprint density at radius 2 is 2.36 bits per heavy atom. The van der Waals surface area contributed by atoms with Gasteiger partial charge in [-0.15, -0.1) is 0 Å². The molecule has 2 unspecified atom stereocenters. The molecule has 0 aliphatic heterocycles. The van der Waals surface area contributed by atoms with Crippen molar-refractivity contribution in [1.82, 2.24) is 0 Å². The normalized spacial score (nSPS) is 36.6. The van der Waals surface area contributed by atoms with E-state index in [1.54, 1.807) is 0 Å². The summed E-state index contributed by atoms with van der Waals surface area (Å²) in [5, 5.41) is 9.19. The molecule has 0 amide bonds. The van der Waals surface area contributed by atoms with E-state index in [4.69, 9.17) is 0 Å². The molecule has 0 aromatic rings. The Hall–Kier alpha value is -1.05. The molecule has 1 N–H and O–H groups in total. The van der Waals surface area contributed by atoms with Crippen LogP contribution in [0.4, 0.5) is 0 Å². The highest BCUT2D eigenvalue weighted by Crippen LogP contribution is 2.53. The van der Waals surface area contributed by atoms with Crippen LogP contribution in [0.25, 0.3) is 0 Å². The summed E-state index contributed by atoms with van der Waals surface area (Å²) in [7, 11) is 0. The number of allylic oxidation sites excluding steroid dienone is 2. The molecule has 0 radical (unpaired) electrons. The van der Waals surface area contributed by atoms with Crippen LogP contribution in [0.2, 0.25) is 0 Å². The van der Waals surface area contributed by atoms with Crippen LogP contribution in [0.5, 0.6) is 0 Å². The average Bonchev–Trinajstić information content (AvgIpc) is 2.49. The van der Waals surface area contributed by atoms with Crippen molar-refractivity contribution in [3.05, 3.63) is 24.3 Å². The summed E-state index contributed by atoms with van der Waals surface area (Å²) in [5.74, 6) is -1.02. The van der Waals surface area contributed by atoms with E-state index < -0.39 is 5.97 Å². The number of hydrogen-bond donors (Lipinski definition) is 1. The van der Waals surface area contributed by atoms with Crippen molar-refractivity contribution in [2.24, 2.45) is 11.3 Å². The summed E-state index contributed by atoms with van der Waals surface area (Å²) in [6, 6.07) is 0. The van der Waals surface area contributed by atoms with Crippen molar-refractivity contribution < 1.29 is 9.90 Å². The Bertz CT molecular complexity index is 303. The monoisotopic (exact) mass is 192 g/mol. The third-order valence-corrected chi connectivity index (χ3v) is 3.75. The maximum atomic E-state index is 11.2. The van der Waals surface area contributed by atoms with E-state index >= 15 is 0 Å². The lowest BCUT2D eigenvalue weighted by Gasteiger charge is -2.37. The highest BCUT2D eigenvalue weighted by atomic mass is 16.4. The Morgan fingerprint density at radius 3 is 2.93 bits per heavy atom. The predicted octanol–water partition coefficient (Wildman–Crippen LogP) is 2.76. The summed E-state index contributed by atoms with van der Waals surface area (Å²) < 4.78 is 0. The van der Waals surface area contributed by atoms with Crippen molar-refractivity contribution in [1.29, 1.82) is 0 Å². The number of carboxylic acid groups (broad SMARTS) is 1. The summed E-state index contributed by atoms with van der Waals surface area (Å²) in [5.41, 5.74) is 1.05. The first-order valence-corrected chi connectivity index (χ1v) is 5.24. The fourth-order valence-electron chi connectivity index (χ4n) is 2.95. The molecule has 14 heavy (non-hydrogen) atoms. The van der Waals surface area contributed by atoms with Crippen molar-refractivity contribution >= 4 is 5.97 Å². The number of rotatable bonds is 1. The summed E-state index contributed by atoms with van der Waals surface area (Å²) >= 11 is 0. The van der Waals surface area contributed by atoms with E-state index in [1.165, 1.54) is 0 Å². The third kappa shape index (κ3) is 1.21. The molecule has 2 nitrogen and oxygen atoms in total. The fourth-order valence-corrected chi connectivity index (χ4v) is 2.95. The first-order chi connectivity index (χ1) is 6.67. The molecule has 0 bridgehead atoms. The zero-order valence-corrected chi connectivity index (χ0v) is 8.33. The van der Waals surface area contributed by atoms with Crippen LogP contribution in [-0.4, -0.2) is 11.1 Å². The van der Waals surface area contributed by atoms with E-state index in [0.717, 1.165) is 37.7 Å². The van der Waals surface area contributed by atoms with Gasteiger partial charge in [-0.2, -0.15) is 0 Å². The smallest absolute Gasteiger partial charge is 0.311 e. The summed E-state index contributed by atoms with van der Waals surface area (Å²) in [6.07, 6.45) is 8.96. The van der Waals surface area contributed by atoms with Gasteiger partial charge in [0.2, 0.25) is 0 Å². The zero-order valence-electron chi connectivity index (χ0n) is 8.33. The first kappa shape index (κ1) is 9.50. The summed E-state index contributed by atoms with van der Waals surface area (Å²) in [6.45, 7) is 4.07. The molecule has 1 spiro atoms. The molecular formula is C12H16O2. The molecule has 0 heterocycles. The van der Waals surface area contributed by atoms with Crippen LogP contribution in [0.1, 0.15) is 32.1 Å². The fraction of sp³-hybridized carbons (Fsp3) is 0.583. The molecule has 2 aliphatic rings. The second-order valence-electron chi connectivity index (χ2n) is 4.40. The van der Waals surface area contributed by atoms with Gasteiger partial charge in [0.1, 0.15) is 0 Å². The van der Waals surface area contributed by atoms with Gasteiger partial charge in [0.25, 0.3) is 0 Å². The van der Waals surface area contributed by atoms with Gasteiger partial charge in [-0.05, 0) is 32.1 Å². The van der Waals surface area contributed by atoms with Gasteiger partial charge in [0.15, 0.2) is 0 Å². The van der Waals surface area contributed by atoms with Crippen molar-refractivity contribution in [2.75, 3.05) is 0 Å². The largest absolute Gasteiger partial charge is 0.481 e. The molecule has 2 atom stereocenters. The van der Waals surface area contributed by atoms with Gasteiger partial charge in [-0.25, -0.2) is 0 Å². The van der Waals surface area contributed by atoms with Crippen LogP contribution < -0.4 is 0 Å². The van der Waals surface area contributed by atoms with Crippen molar-refractivity contribution in [3.63, 3.8) is 0 Å². The van der Waals surface area contributed by atoms with E-state index in [1.807, 2.05) is 12.2 Å². The van der Waals surface area contributed by atoms with E-state index in [0.29, 0.717) is 0 Å². The zero-order chi connectivity index (χ0) is 10.2.